The standard InChI is InChI=1S/C13H17F2NO3/c1-8(2)10(17)7-12(18)16-9-5-3-4-6-11(9)19-13(14)15/h3-6,8,10,13,17H,7H2,1-2H3,(H,16,18). The molecule has 0 bridgehead atoms. The minimum Gasteiger partial charge on any atom is -0.433 e. The molecule has 0 aliphatic rings. The number of benzene rings is 1. The highest BCUT2D eigenvalue weighted by Crippen LogP contribution is 2.25. The average molecular weight is 273 g/mol. The van der Waals surface area contributed by atoms with Crippen molar-refractivity contribution in [2.45, 2.75) is 33.0 Å². The van der Waals surface area contributed by atoms with Crippen molar-refractivity contribution >= 4 is 11.6 Å². The Morgan fingerprint density at radius 2 is 2.00 bits per heavy atom. The Morgan fingerprint density at radius 1 is 1.37 bits per heavy atom. The Balaban J connectivity index is 2.68. The number of amides is 1. The van der Waals surface area contributed by atoms with Gasteiger partial charge < -0.3 is 15.2 Å². The molecule has 0 saturated heterocycles. The van der Waals surface area contributed by atoms with E-state index < -0.39 is 18.6 Å². The first-order valence-corrected chi connectivity index (χ1v) is 5.92. The van der Waals surface area contributed by atoms with E-state index in [4.69, 9.17) is 0 Å². The molecule has 0 aromatic heterocycles. The lowest BCUT2D eigenvalue weighted by Gasteiger charge is -2.15. The number of halogens is 2. The molecule has 0 spiro atoms. The molecule has 0 radical (unpaired) electrons. The molecule has 1 aromatic rings. The van der Waals surface area contributed by atoms with Gasteiger partial charge in [-0.15, -0.1) is 0 Å². The maximum Gasteiger partial charge on any atom is 0.387 e. The lowest BCUT2D eigenvalue weighted by atomic mass is 10.0. The van der Waals surface area contributed by atoms with Crippen LogP contribution in [-0.4, -0.2) is 23.7 Å². The number of alkyl halides is 2. The molecular formula is C13H17F2NO3. The second-order valence-corrected chi connectivity index (χ2v) is 4.44. The van der Waals surface area contributed by atoms with E-state index in [9.17, 15) is 18.7 Å². The van der Waals surface area contributed by atoms with Gasteiger partial charge in [-0.3, -0.25) is 4.79 Å². The van der Waals surface area contributed by atoms with Crippen LogP contribution in [0.4, 0.5) is 14.5 Å². The lowest BCUT2D eigenvalue weighted by molar-refractivity contribution is -0.118. The summed E-state index contributed by atoms with van der Waals surface area (Å²) in [5, 5.41) is 12.0. The highest BCUT2D eigenvalue weighted by Gasteiger charge is 2.16. The zero-order valence-corrected chi connectivity index (χ0v) is 10.8. The van der Waals surface area contributed by atoms with Gasteiger partial charge in [-0.2, -0.15) is 8.78 Å². The minimum absolute atomic E-state index is 0.0571. The summed E-state index contributed by atoms with van der Waals surface area (Å²) < 4.78 is 28.6. The number of anilines is 1. The smallest absolute Gasteiger partial charge is 0.387 e. The fourth-order valence-electron chi connectivity index (χ4n) is 1.40. The lowest BCUT2D eigenvalue weighted by Crippen LogP contribution is -2.24. The summed E-state index contributed by atoms with van der Waals surface area (Å²) >= 11 is 0. The van der Waals surface area contributed by atoms with E-state index in [2.05, 4.69) is 10.1 Å². The van der Waals surface area contributed by atoms with Gasteiger partial charge in [0.05, 0.1) is 18.2 Å². The molecule has 0 aliphatic carbocycles. The van der Waals surface area contributed by atoms with Gasteiger partial charge in [0.1, 0.15) is 5.75 Å². The summed E-state index contributed by atoms with van der Waals surface area (Å²) in [5.41, 5.74) is 0.156. The number of carbonyl (C=O) groups is 1. The van der Waals surface area contributed by atoms with Gasteiger partial charge in [-0.05, 0) is 18.1 Å². The second kappa shape index (κ2) is 7.04. The summed E-state index contributed by atoms with van der Waals surface area (Å²) in [6.07, 6.45) is -0.871. The third-order valence-corrected chi connectivity index (χ3v) is 2.54. The van der Waals surface area contributed by atoms with Gasteiger partial charge in [0.25, 0.3) is 0 Å². The van der Waals surface area contributed by atoms with Crippen molar-refractivity contribution < 1.29 is 23.4 Å². The van der Waals surface area contributed by atoms with Gasteiger partial charge in [0, 0.05) is 0 Å². The quantitative estimate of drug-likeness (QED) is 0.837. The maximum atomic E-state index is 12.2. The van der Waals surface area contributed by atoms with Gasteiger partial charge in [0.15, 0.2) is 0 Å². The van der Waals surface area contributed by atoms with Gasteiger partial charge in [0.2, 0.25) is 5.91 Å². The molecule has 1 atom stereocenters. The Kier molecular flexibility index (Phi) is 5.69. The molecular weight excluding hydrogens is 256 g/mol. The fraction of sp³-hybridized carbons (Fsp3) is 0.462. The Hall–Kier alpha value is -1.69. The van der Waals surface area contributed by atoms with Crippen molar-refractivity contribution in [3.8, 4) is 5.75 Å². The third-order valence-electron chi connectivity index (χ3n) is 2.54. The summed E-state index contributed by atoms with van der Waals surface area (Å²) in [5.74, 6) is -0.616. The SMILES string of the molecule is CC(C)C(O)CC(=O)Nc1ccccc1OC(F)F. The monoisotopic (exact) mass is 273 g/mol. The second-order valence-electron chi connectivity index (χ2n) is 4.44. The molecule has 4 nitrogen and oxygen atoms in total. The predicted octanol–water partition coefficient (Wildman–Crippen LogP) is 2.63. The molecule has 1 unspecified atom stereocenters. The topological polar surface area (TPSA) is 58.6 Å². The van der Waals surface area contributed by atoms with Crippen LogP contribution in [0.25, 0.3) is 0 Å². The Morgan fingerprint density at radius 3 is 2.58 bits per heavy atom. The van der Waals surface area contributed by atoms with Crippen LogP contribution >= 0.6 is 0 Å². The number of para-hydroxylation sites is 2. The fourth-order valence-corrected chi connectivity index (χ4v) is 1.40. The molecule has 1 rings (SSSR count). The van der Waals surface area contributed by atoms with E-state index in [0.717, 1.165) is 0 Å². The van der Waals surface area contributed by atoms with Crippen LogP contribution in [0.3, 0.4) is 0 Å². The number of hydrogen-bond acceptors (Lipinski definition) is 3. The Bertz CT molecular complexity index is 424. The summed E-state index contributed by atoms with van der Waals surface area (Å²) in [6, 6.07) is 5.90. The van der Waals surface area contributed by atoms with Crippen LogP contribution < -0.4 is 10.1 Å². The predicted molar refractivity (Wildman–Crippen MR) is 67.2 cm³/mol. The minimum atomic E-state index is -2.96. The number of carbonyl (C=O) groups excluding carboxylic acids is 1. The van der Waals surface area contributed by atoms with Crippen molar-refractivity contribution in [1.82, 2.24) is 0 Å². The van der Waals surface area contributed by atoms with Crippen LogP contribution in [0.15, 0.2) is 24.3 Å². The largest absolute Gasteiger partial charge is 0.433 e. The summed E-state index contributed by atoms with van der Waals surface area (Å²) in [4.78, 5) is 11.7. The van der Waals surface area contributed by atoms with E-state index in [1.165, 1.54) is 18.2 Å². The van der Waals surface area contributed by atoms with Crippen LogP contribution in [0, 0.1) is 5.92 Å². The molecule has 2 N–H and O–H groups in total. The number of nitrogens with one attached hydrogen (secondary N) is 1. The van der Waals surface area contributed by atoms with Crippen molar-refractivity contribution in [3.05, 3.63) is 24.3 Å². The first kappa shape index (κ1) is 15.4. The summed E-state index contributed by atoms with van der Waals surface area (Å²) in [6.45, 7) is 0.608. The van der Waals surface area contributed by atoms with Crippen LogP contribution in [0.2, 0.25) is 0 Å². The van der Waals surface area contributed by atoms with E-state index in [1.807, 2.05) is 0 Å². The number of rotatable bonds is 6. The van der Waals surface area contributed by atoms with Crippen LogP contribution in [0.1, 0.15) is 20.3 Å². The first-order chi connectivity index (χ1) is 8.90. The van der Waals surface area contributed by atoms with Crippen LogP contribution in [-0.2, 0) is 4.79 Å². The van der Waals surface area contributed by atoms with E-state index in [-0.39, 0.29) is 23.8 Å². The first-order valence-electron chi connectivity index (χ1n) is 5.92. The molecule has 19 heavy (non-hydrogen) atoms. The highest BCUT2D eigenvalue weighted by atomic mass is 19.3. The summed E-state index contributed by atoms with van der Waals surface area (Å²) in [7, 11) is 0. The van der Waals surface area contributed by atoms with Crippen LogP contribution in [0.5, 0.6) is 5.75 Å². The number of hydrogen-bond donors (Lipinski definition) is 2. The van der Waals surface area contributed by atoms with Crippen molar-refractivity contribution in [3.63, 3.8) is 0 Å². The zero-order chi connectivity index (χ0) is 14.4. The molecule has 0 aliphatic heterocycles. The maximum absolute atomic E-state index is 12.2. The van der Waals surface area contributed by atoms with E-state index in [0.29, 0.717) is 0 Å². The molecule has 106 valence electrons. The Labute approximate surface area is 110 Å². The molecule has 6 heteroatoms. The molecule has 1 amide bonds. The van der Waals surface area contributed by atoms with Crippen molar-refractivity contribution in [2.75, 3.05) is 5.32 Å². The van der Waals surface area contributed by atoms with Gasteiger partial charge >= 0.3 is 6.61 Å². The zero-order valence-electron chi connectivity index (χ0n) is 10.8. The van der Waals surface area contributed by atoms with Crippen molar-refractivity contribution in [1.29, 1.82) is 0 Å². The van der Waals surface area contributed by atoms with Gasteiger partial charge in [-0.1, -0.05) is 26.0 Å². The third kappa shape index (κ3) is 5.21. The average Bonchev–Trinajstić information content (AvgIpc) is 2.30. The molecule has 0 saturated carbocycles. The number of aliphatic hydroxyl groups excluding tert-OH is 1. The van der Waals surface area contributed by atoms with Crippen molar-refractivity contribution in [2.24, 2.45) is 5.92 Å². The molecule has 0 fully saturated rings. The highest BCUT2D eigenvalue weighted by molar-refractivity contribution is 5.92. The number of ether oxygens (including phenoxy) is 1. The molecule has 0 heterocycles. The van der Waals surface area contributed by atoms with E-state index in [1.54, 1.807) is 19.9 Å². The molecule has 1 aromatic carbocycles. The number of aliphatic hydroxyl groups is 1. The normalized spacial score (nSPS) is 12.6. The van der Waals surface area contributed by atoms with E-state index >= 15 is 0 Å². The van der Waals surface area contributed by atoms with Gasteiger partial charge in [-0.25, -0.2) is 0 Å².